The third-order valence-corrected chi connectivity index (χ3v) is 3.67. The van der Waals surface area contributed by atoms with Crippen LogP contribution in [0, 0.1) is 11.6 Å². The number of aromatic nitrogens is 1. The Hall–Kier alpha value is -1.17. The molecule has 2 nitrogen and oxygen atoms in total. The Kier molecular flexibility index (Phi) is 4.74. The summed E-state index contributed by atoms with van der Waals surface area (Å²) in [5, 5.41) is 0.956. The first-order valence-corrected chi connectivity index (χ1v) is 6.77. The fraction of sp³-hybridized carbons (Fsp3) is 0.154. The molecule has 1 aromatic heterocycles. The van der Waals surface area contributed by atoms with Crippen LogP contribution >= 0.6 is 23.4 Å². The second-order valence-electron chi connectivity index (χ2n) is 3.84. The van der Waals surface area contributed by atoms with Crippen LogP contribution in [0.25, 0.3) is 0 Å². The van der Waals surface area contributed by atoms with E-state index < -0.39 is 11.6 Å². The molecule has 0 amide bonds. The van der Waals surface area contributed by atoms with Gasteiger partial charge in [0.25, 0.3) is 0 Å². The third-order valence-electron chi connectivity index (χ3n) is 2.40. The standard InChI is InChI=1S/C13H11ClF2N2S/c14-9-1-2-12(18-7-9)19-13-10(15)5-8(3-4-17)6-11(13)16/h1-2,5-7H,3-4,17H2. The molecular formula is C13H11ClF2N2S. The molecule has 0 unspecified atom stereocenters. The zero-order valence-corrected chi connectivity index (χ0v) is 11.4. The predicted octanol–water partition coefficient (Wildman–Crippen LogP) is 3.67. The van der Waals surface area contributed by atoms with E-state index in [1.165, 1.54) is 18.3 Å². The summed E-state index contributed by atoms with van der Waals surface area (Å²) in [5.74, 6) is -1.21. The molecule has 1 heterocycles. The van der Waals surface area contributed by atoms with Gasteiger partial charge >= 0.3 is 0 Å². The molecule has 0 saturated heterocycles. The summed E-state index contributed by atoms with van der Waals surface area (Å²) in [7, 11) is 0. The Labute approximate surface area is 119 Å². The van der Waals surface area contributed by atoms with E-state index in [0.717, 1.165) is 11.8 Å². The highest BCUT2D eigenvalue weighted by Crippen LogP contribution is 2.32. The Morgan fingerprint density at radius 2 is 1.89 bits per heavy atom. The van der Waals surface area contributed by atoms with Crippen molar-refractivity contribution in [3.05, 3.63) is 52.7 Å². The van der Waals surface area contributed by atoms with Crippen LogP contribution in [0.2, 0.25) is 5.02 Å². The van der Waals surface area contributed by atoms with Gasteiger partial charge in [0.15, 0.2) is 0 Å². The van der Waals surface area contributed by atoms with E-state index in [0.29, 0.717) is 28.6 Å². The van der Waals surface area contributed by atoms with Gasteiger partial charge in [0, 0.05) is 6.20 Å². The summed E-state index contributed by atoms with van der Waals surface area (Å²) in [6, 6.07) is 5.83. The van der Waals surface area contributed by atoms with E-state index in [1.807, 2.05) is 0 Å². The average Bonchev–Trinajstić information content (AvgIpc) is 2.36. The van der Waals surface area contributed by atoms with Gasteiger partial charge in [-0.05, 0) is 42.8 Å². The Balaban J connectivity index is 2.27. The quantitative estimate of drug-likeness (QED) is 0.936. The highest BCUT2D eigenvalue weighted by atomic mass is 35.5. The second kappa shape index (κ2) is 6.32. The normalized spacial score (nSPS) is 10.7. The SMILES string of the molecule is NCCc1cc(F)c(Sc2ccc(Cl)cn2)c(F)c1. The number of nitrogens with two attached hydrogens (primary N) is 1. The number of halogens is 3. The maximum atomic E-state index is 13.8. The minimum atomic E-state index is -0.606. The lowest BCUT2D eigenvalue weighted by atomic mass is 10.1. The van der Waals surface area contributed by atoms with E-state index in [9.17, 15) is 8.78 Å². The van der Waals surface area contributed by atoms with E-state index in [4.69, 9.17) is 17.3 Å². The lowest BCUT2D eigenvalue weighted by molar-refractivity contribution is 0.537. The van der Waals surface area contributed by atoms with Gasteiger partial charge < -0.3 is 5.73 Å². The molecular weight excluding hydrogens is 290 g/mol. The van der Waals surface area contributed by atoms with Crippen molar-refractivity contribution < 1.29 is 8.78 Å². The molecule has 0 bridgehead atoms. The highest BCUT2D eigenvalue weighted by Gasteiger charge is 2.13. The van der Waals surface area contributed by atoms with Crippen molar-refractivity contribution in [2.75, 3.05) is 6.54 Å². The molecule has 6 heteroatoms. The first-order chi connectivity index (χ1) is 9.10. The molecule has 0 fully saturated rings. The summed E-state index contributed by atoms with van der Waals surface area (Å²) >= 11 is 6.63. The first-order valence-electron chi connectivity index (χ1n) is 5.57. The summed E-state index contributed by atoms with van der Waals surface area (Å²) < 4.78 is 27.7. The molecule has 2 rings (SSSR count). The number of hydrogen-bond donors (Lipinski definition) is 1. The lowest BCUT2D eigenvalue weighted by Gasteiger charge is -2.07. The van der Waals surface area contributed by atoms with Crippen LogP contribution in [0.4, 0.5) is 8.78 Å². The molecule has 2 N–H and O–H groups in total. The van der Waals surface area contributed by atoms with Crippen LogP contribution in [0.15, 0.2) is 40.4 Å². The Morgan fingerprint density at radius 3 is 2.42 bits per heavy atom. The van der Waals surface area contributed by atoms with Gasteiger partial charge in [-0.1, -0.05) is 23.4 Å². The van der Waals surface area contributed by atoms with Gasteiger partial charge in [-0.2, -0.15) is 0 Å². The fourth-order valence-corrected chi connectivity index (χ4v) is 2.42. The van der Waals surface area contributed by atoms with Gasteiger partial charge in [-0.15, -0.1) is 0 Å². The molecule has 19 heavy (non-hydrogen) atoms. The van der Waals surface area contributed by atoms with E-state index >= 15 is 0 Å². The fourth-order valence-electron chi connectivity index (χ4n) is 1.55. The molecule has 0 atom stereocenters. The number of rotatable bonds is 4. The highest BCUT2D eigenvalue weighted by molar-refractivity contribution is 7.99. The first kappa shape index (κ1) is 14.2. The van der Waals surface area contributed by atoms with Crippen molar-refractivity contribution in [3.8, 4) is 0 Å². The molecule has 0 aliphatic rings. The van der Waals surface area contributed by atoms with Crippen LogP contribution in [-0.2, 0) is 6.42 Å². The summed E-state index contributed by atoms with van der Waals surface area (Å²) in [6.45, 7) is 0.351. The van der Waals surface area contributed by atoms with E-state index in [1.54, 1.807) is 12.1 Å². The lowest BCUT2D eigenvalue weighted by Crippen LogP contribution is -2.04. The van der Waals surface area contributed by atoms with Crippen LogP contribution < -0.4 is 5.73 Å². The average molecular weight is 301 g/mol. The third kappa shape index (κ3) is 3.65. The smallest absolute Gasteiger partial charge is 0.140 e. The van der Waals surface area contributed by atoms with Crippen molar-refractivity contribution in [2.45, 2.75) is 16.3 Å². The van der Waals surface area contributed by atoms with Crippen molar-refractivity contribution >= 4 is 23.4 Å². The van der Waals surface area contributed by atoms with Crippen molar-refractivity contribution in [1.82, 2.24) is 4.98 Å². The van der Waals surface area contributed by atoms with Gasteiger partial charge in [0.05, 0.1) is 9.92 Å². The largest absolute Gasteiger partial charge is 0.330 e. The molecule has 0 aliphatic carbocycles. The monoisotopic (exact) mass is 300 g/mol. The molecule has 100 valence electrons. The molecule has 0 spiro atoms. The molecule has 0 radical (unpaired) electrons. The maximum absolute atomic E-state index is 13.8. The summed E-state index contributed by atoms with van der Waals surface area (Å²) in [6.07, 6.45) is 1.88. The van der Waals surface area contributed by atoms with Crippen molar-refractivity contribution in [2.24, 2.45) is 5.73 Å². The Bertz CT molecular complexity index is 552. The topological polar surface area (TPSA) is 38.9 Å². The maximum Gasteiger partial charge on any atom is 0.140 e. The van der Waals surface area contributed by atoms with Gasteiger partial charge in [0.1, 0.15) is 16.7 Å². The van der Waals surface area contributed by atoms with Crippen LogP contribution in [0.1, 0.15) is 5.56 Å². The van der Waals surface area contributed by atoms with Crippen molar-refractivity contribution in [1.29, 1.82) is 0 Å². The molecule has 0 saturated carbocycles. The second-order valence-corrected chi connectivity index (χ2v) is 5.31. The molecule has 0 aliphatic heterocycles. The summed E-state index contributed by atoms with van der Waals surface area (Å²) in [4.78, 5) is 3.92. The number of nitrogens with zero attached hydrogens (tertiary/aromatic N) is 1. The Morgan fingerprint density at radius 1 is 1.21 bits per heavy atom. The number of hydrogen-bond acceptors (Lipinski definition) is 3. The van der Waals surface area contributed by atoms with Gasteiger partial charge in [-0.3, -0.25) is 0 Å². The van der Waals surface area contributed by atoms with Gasteiger partial charge in [0.2, 0.25) is 0 Å². The van der Waals surface area contributed by atoms with Crippen LogP contribution in [0.3, 0.4) is 0 Å². The minimum absolute atomic E-state index is 0.0735. The number of pyridine rings is 1. The van der Waals surface area contributed by atoms with Gasteiger partial charge in [-0.25, -0.2) is 13.8 Å². The molecule has 2 aromatic rings. The zero-order valence-electron chi connectivity index (χ0n) is 9.87. The predicted molar refractivity (Wildman–Crippen MR) is 72.5 cm³/mol. The minimum Gasteiger partial charge on any atom is -0.330 e. The van der Waals surface area contributed by atoms with Crippen LogP contribution in [-0.4, -0.2) is 11.5 Å². The number of benzene rings is 1. The van der Waals surface area contributed by atoms with E-state index in [-0.39, 0.29) is 4.90 Å². The van der Waals surface area contributed by atoms with Crippen molar-refractivity contribution in [3.63, 3.8) is 0 Å². The summed E-state index contributed by atoms with van der Waals surface area (Å²) in [5.41, 5.74) is 5.91. The molecule has 1 aromatic carbocycles. The van der Waals surface area contributed by atoms with E-state index in [2.05, 4.69) is 4.98 Å². The van der Waals surface area contributed by atoms with Crippen LogP contribution in [0.5, 0.6) is 0 Å². The zero-order chi connectivity index (χ0) is 13.8.